The Morgan fingerprint density at radius 1 is 0.968 bits per heavy atom. The van der Waals surface area contributed by atoms with E-state index in [9.17, 15) is 26.4 Å². The zero-order chi connectivity index (χ0) is 22.7. The fourth-order valence-corrected chi connectivity index (χ4v) is 5.40. The number of carbonyl (C=O) groups is 1. The van der Waals surface area contributed by atoms with Crippen molar-refractivity contribution in [3.05, 3.63) is 48.5 Å². The highest BCUT2D eigenvalue weighted by molar-refractivity contribution is 7.91. The molecular weight excluding hydrogens is 439 g/mol. The first-order valence-electron chi connectivity index (χ1n) is 9.34. The molecule has 0 unspecified atom stereocenters. The van der Waals surface area contributed by atoms with Gasteiger partial charge in [0.05, 0.1) is 16.2 Å². The topological polar surface area (TPSA) is 102 Å². The zero-order valence-corrected chi connectivity index (χ0v) is 17.0. The Balaban J connectivity index is 1.68. The molecule has 0 aliphatic heterocycles. The molecule has 0 spiro atoms. The smallest absolute Gasteiger partial charge is 0.465 e. The summed E-state index contributed by atoms with van der Waals surface area (Å²) in [6, 6.07) is 10.3. The van der Waals surface area contributed by atoms with Crippen molar-refractivity contribution in [3.8, 4) is 17.2 Å². The third-order valence-electron chi connectivity index (χ3n) is 4.87. The molecule has 0 bridgehead atoms. The number of nitrogens with one attached hydrogen (secondary N) is 1. The van der Waals surface area contributed by atoms with Crippen LogP contribution >= 0.6 is 0 Å². The number of ether oxygens (including phenoxy) is 2. The number of hydrogen-bond acceptors (Lipinski definition) is 5. The van der Waals surface area contributed by atoms with Gasteiger partial charge in [0.2, 0.25) is 0 Å². The van der Waals surface area contributed by atoms with E-state index in [0.29, 0.717) is 12.8 Å². The van der Waals surface area contributed by atoms with Crippen molar-refractivity contribution < 1.29 is 41.0 Å². The monoisotopic (exact) mass is 459 g/mol. The number of hydrogen-bond donors (Lipinski definition) is 2. The van der Waals surface area contributed by atoms with Gasteiger partial charge in [-0.2, -0.15) is 0 Å². The highest BCUT2D eigenvalue weighted by Gasteiger charge is 2.40. The highest BCUT2D eigenvalue weighted by atomic mass is 32.2. The first kappa shape index (κ1) is 22.7. The number of carboxylic acid groups (broad SMARTS) is 1. The lowest BCUT2D eigenvalue weighted by molar-refractivity contribution is -0.274. The maximum absolute atomic E-state index is 12.8. The Labute approximate surface area is 176 Å². The van der Waals surface area contributed by atoms with Gasteiger partial charge in [0.15, 0.2) is 9.84 Å². The molecule has 3 rings (SSSR count). The molecule has 7 nitrogen and oxygen atoms in total. The minimum Gasteiger partial charge on any atom is -0.465 e. The number of amides is 1. The van der Waals surface area contributed by atoms with Crippen LogP contribution in [0.4, 0.5) is 18.0 Å². The molecule has 0 atom stereocenters. The van der Waals surface area contributed by atoms with Gasteiger partial charge in [-0.15, -0.1) is 13.2 Å². The number of rotatable bonds is 7. The van der Waals surface area contributed by atoms with Gasteiger partial charge in [0, 0.05) is 0 Å². The lowest BCUT2D eigenvalue weighted by atomic mass is 10.0. The molecule has 2 N–H and O–H groups in total. The minimum absolute atomic E-state index is 0.0206. The van der Waals surface area contributed by atoms with Crippen molar-refractivity contribution in [2.24, 2.45) is 0 Å². The van der Waals surface area contributed by atoms with Crippen LogP contribution < -0.4 is 14.8 Å². The summed E-state index contributed by atoms with van der Waals surface area (Å²) in [5.74, 6) is -0.215. The molecular formula is C20H20F3NO6S. The predicted octanol–water partition coefficient (Wildman–Crippen LogP) is 4.73. The van der Waals surface area contributed by atoms with E-state index < -0.39 is 33.6 Å². The molecule has 2 aromatic rings. The van der Waals surface area contributed by atoms with Crippen LogP contribution in [-0.2, 0) is 9.84 Å². The summed E-state index contributed by atoms with van der Waals surface area (Å²) in [6.07, 6.45) is -3.65. The summed E-state index contributed by atoms with van der Waals surface area (Å²) in [7, 11) is -3.76. The largest absolute Gasteiger partial charge is 0.573 e. The van der Waals surface area contributed by atoms with Crippen LogP contribution in [0.25, 0.3) is 0 Å². The van der Waals surface area contributed by atoms with Crippen LogP contribution in [0.5, 0.6) is 17.2 Å². The summed E-state index contributed by atoms with van der Waals surface area (Å²) in [4.78, 5) is 11.1. The van der Waals surface area contributed by atoms with Crippen LogP contribution in [0, 0.1) is 0 Å². The molecule has 0 aromatic heterocycles. The average Bonchev–Trinajstić information content (AvgIpc) is 3.09. The van der Waals surface area contributed by atoms with Crippen LogP contribution in [0.1, 0.15) is 25.7 Å². The quantitative estimate of drug-likeness (QED) is 0.621. The normalized spacial score (nSPS) is 16.0. The summed E-state index contributed by atoms with van der Waals surface area (Å²) in [5, 5.41) is 11.4. The number of sulfone groups is 1. The van der Waals surface area contributed by atoms with Gasteiger partial charge in [-0.3, -0.25) is 0 Å². The molecule has 0 radical (unpaired) electrons. The van der Waals surface area contributed by atoms with Crippen molar-refractivity contribution in [3.63, 3.8) is 0 Å². The third kappa shape index (κ3) is 6.27. The molecule has 0 saturated heterocycles. The van der Waals surface area contributed by atoms with E-state index in [1.165, 1.54) is 36.4 Å². The van der Waals surface area contributed by atoms with Crippen molar-refractivity contribution in [1.82, 2.24) is 5.32 Å². The molecule has 11 heteroatoms. The minimum atomic E-state index is -4.79. The molecule has 168 valence electrons. The number of benzene rings is 2. The lowest BCUT2D eigenvalue weighted by Gasteiger charge is -2.28. The van der Waals surface area contributed by atoms with Gasteiger partial charge in [-0.25, -0.2) is 13.2 Å². The summed E-state index contributed by atoms with van der Waals surface area (Å²) < 4.78 is 71.5. The van der Waals surface area contributed by atoms with Gasteiger partial charge < -0.3 is 19.9 Å². The third-order valence-corrected chi connectivity index (χ3v) is 6.80. The van der Waals surface area contributed by atoms with Gasteiger partial charge in [0.25, 0.3) is 0 Å². The first-order valence-corrected chi connectivity index (χ1v) is 11.0. The van der Waals surface area contributed by atoms with Crippen molar-refractivity contribution in [2.45, 2.75) is 42.5 Å². The molecule has 1 aliphatic carbocycles. The Morgan fingerprint density at radius 2 is 1.45 bits per heavy atom. The van der Waals surface area contributed by atoms with Crippen molar-refractivity contribution >= 4 is 15.9 Å². The van der Waals surface area contributed by atoms with E-state index in [0.717, 1.165) is 25.0 Å². The Morgan fingerprint density at radius 3 is 1.94 bits per heavy atom. The predicted molar refractivity (Wildman–Crippen MR) is 104 cm³/mol. The highest BCUT2D eigenvalue weighted by Crippen LogP contribution is 2.33. The van der Waals surface area contributed by atoms with Crippen molar-refractivity contribution in [2.75, 3.05) is 5.75 Å². The fourth-order valence-electron chi connectivity index (χ4n) is 3.59. The van der Waals surface area contributed by atoms with E-state index in [4.69, 9.17) is 9.84 Å². The first-order chi connectivity index (χ1) is 14.5. The zero-order valence-electron chi connectivity index (χ0n) is 16.2. The van der Waals surface area contributed by atoms with E-state index in [2.05, 4.69) is 10.1 Å². The molecule has 1 amide bonds. The van der Waals surface area contributed by atoms with E-state index in [-0.39, 0.29) is 22.1 Å². The Bertz CT molecular complexity index is 1010. The maximum Gasteiger partial charge on any atom is 0.573 e. The second-order valence-corrected chi connectivity index (χ2v) is 9.26. The van der Waals surface area contributed by atoms with Gasteiger partial charge in [0.1, 0.15) is 17.2 Å². The van der Waals surface area contributed by atoms with Crippen LogP contribution in [-0.4, -0.2) is 37.3 Å². The van der Waals surface area contributed by atoms with Gasteiger partial charge in [-0.1, -0.05) is 12.8 Å². The lowest BCUT2D eigenvalue weighted by Crippen LogP contribution is -2.50. The van der Waals surface area contributed by atoms with Crippen molar-refractivity contribution in [1.29, 1.82) is 0 Å². The number of halogens is 3. The van der Waals surface area contributed by atoms with E-state index >= 15 is 0 Å². The SMILES string of the molecule is O=C(O)NC1(CS(=O)(=O)c2ccc(Oc3ccc(OC(F)(F)F)cc3)cc2)CCCC1. The molecule has 0 heterocycles. The summed E-state index contributed by atoms with van der Waals surface area (Å²) >= 11 is 0. The second-order valence-electron chi connectivity index (χ2n) is 7.27. The van der Waals surface area contributed by atoms with E-state index in [1.807, 2.05) is 0 Å². The Hall–Kier alpha value is -2.95. The fraction of sp³-hybridized carbons (Fsp3) is 0.350. The Kier molecular flexibility index (Phi) is 6.35. The molecule has 1 saturated carbocycles. The molecule has 31 heavy (non-hydrogen) atoms. The second kappa shape index (κ2) is 8.66. The molecule has 1 fully saturated rings. The van der Waals surface area contributed by atoms with Gasteiger partial charge in [-0.05, 0) is 61.4 Å². The summed E-state index contributed by atoms with van der Waals surface area (Å²) in [5.41, 5.74) is -1.000. The molecule has 2 aromatic carbocycles. The van der Waals surface area contributed by atoms with E-state index in [1.54, 1.807) is 0 Å². The average molecular weight is 459 g/mol. The van der Waals surface area contributed by atoms with Crippen LogP contribution in [0.3, 0.4) is 0 Å². The maximum atomic E-state index is 12.8. The summed E-state index contributed by atoms with van der Waals surface area (Å²) in [6.45, 7) is 0. The molecule has 1 aliphatic rings. The number of alkyl halides is 3. The van der Waals surface area contributed by atoms with Gasteiger partial charge >= 0.3 is 12.5 Å². The van der Waals surface area contributed by atoms with Crippen LogP contribution in [0.2, 0.25) is 0 Å². The van der Waals surface area contributed by atoms with Crippen LogP contribution in [0.15, 0.2) is 53.4 Å². The standard InChI is InChI=1S/C20H20F3NO6S/c21-20(22,23)30-16-5-3-14(4-6-16)29-15-7-9-17(10-8-15)31(27,28)13-19(24-18(25)26)11-1-2-12-19/h3-10,24H,1-2,11-13H2,(H,25,26).